The van der Waals surface area contributed by atoms with Crippen LogP contribution in [-0.2, 0) is 36.7 Å². The highest BCUT2D eigenvalue weighted by Crippen LogP contribution is 2.53. The Morgan fingerprint density at radius 1 is 0.762 bits per heavy atom. The summed E-state index contributed by atoms with van der Waals surface area (Å²) in [6.07, 6.45) is 0.0522. The molecule has 0 aliphatic carbocycles. The quantitative estimate of drug-likeness (QED) is 0.205. The third kappa shape index (κ3) is 5.08. The Kier molecular flexibility index (Phi) is 6.80. The molecule has 2 unspecified atom stereocenters. The van der Waals surface area contributed by atoms with E-state index in [2.05, 4.69) is 29.9 Å². The van der Waals surface area contributed by atoms with Crippen molar-refractivity contribution < 1.29 is 41.6 Å². The van der Waals surface area contributed by atoms with Crippen LogP contribution >= 0.6 is 15.3 Å². The van der Waals surface area contributed by atoms with Gasteiger partial charge in [-0.25, -0.2) is 34.5 Å². The predicted molar refractivity (Wildman–Crippen MR) is 141 cm³/mol. The first-order valence-corrected chi connectivity index (χ1v) is 15.7. The molecule has 3 saturated heterocycles. The van der Waals surface area contributed by atoms with E-state index in [1.54, 1.807) is 9.13 Å². The van der Waals surface area contributed by atoms with Gasteiger partial charge in [-0.05, 0) is 0 Å². The van der Waals surface area contributed by atoms with Crippen molar-refractivity contribution in [3.05, 3.63) is 25.3 Å². The van der Waals surface area contributed by atoms with Gasteiger partial charge in [-0.15, -0.1) is 0 Å². The number of imidazole rings is 2. The first-order chi connectivity index (χ1) is 20.1. The Balaban J connectivity index is 1.12. The maximum atomic E-state index is 13.2. The molecule has 4 aromatic rings. The summed E-state index contributed by atoms with van der Waals surface area (Å²) in [4.78, 5) is 35.3. The Labute approximate surface area is 237 Å². The third-order valence-electron chi connectivity index (χ3n) is 7.13. The number of fused-ring (bicyclic) bond motifs is 4. The molecule has 2 radical (unpaired) electrons. The molecule has 19 nitrogen and oxygen atoms in total. The Morgan fingerprint density at radius 2 is 1.26 bits per heavy atom. The van der Waals surface area contributed by atoms with Crippen molar-refractivity contribution in [2.45, 2.75) is 49.7 Å². The number of nitrogens with zero attached hydrogens (tertiary/aromatic N) is 8. The zero-order valence-corrected chi connectivity index (χ0v) is 23.3. The summed E-state index contributed by atoms with van der Waals surface area (Å²) >= 11 is 0. The minimum Gasteiger partial charge on any atom is -0.382 e. The van der Waals surface area contributed by atoms with Crippen molar-refractivity contribution in [2.24, 2.45) is 0 Å². The highest BCUT2D eigenvalue weighted by atomic mass is 31.2. The fourth-order valence-electron chi connectivity index (χ4n) is 5.19. The number of anilines is 2. The van der Waals surface area contributed by atoms with Gasteiger partial charge in [-0.1, -0.05) is 0 Å². The number of aromatic nitrogens is 8. The summed E-state index contributed by atoms with van der Waals surface area (Å²) in [5.41, 5.74) is 13.2. The number of phosphoric ester groups is 1. The maximum absolute atomic E-state index is 13.2. The topological polar surface area (TPSA) is 249 Å². The van der Waals surface area contributed by atoms with Gasteiger partial charge in [0.25, 0.3) is 7.47 Å². The molecule has 0 amide bonds. The summed E-state index contributed by atoms with van der Waals surface area (Å²) in [6.45, 7) is -0.870. The summed E-state index contributed by atoms with van der Waals surface area (Å²) in [6, 6.07) is 0. The van der Waals surface area contributed by atoms with Gasteiger partial charge in [-0.3, -0.25) is 22.7 Å². The largest absolute Gasteiger partial charge is 0.472 e. The Hall–Kier alpha value is -3.06. The molecule has 0 aromatic carbocycles. The van der Waals surface area contributed by atoms with Gasteiger partial charge in [0.15, 0.2) is 22.9 Å². The molecule has 22 heteroatoms. The van der Waals surface area contributed by atoms with Gasteiger partial charge in [0.1, 0.15) is 54.5 Å². The van der Waals surface area contributed by atoms with Crippen molar-refractivity contribution in [3.63, 3.8) is 0 Å². The smallest absolute Gasteiger partial charge is 0.382 e. The van der Waals surface area contributed by atoms with E-state index in [-0.39, 0.29) is 24.5 Å². The number of phosphoric acid groups is 1. The van der Waals surface area contributed by atoms with Crippen LogP contribution in [0, 0.1) is 0 Å². The van der Waals surface area contributed by atoms with Gasteiger partial charge in [0, 0.05) is 12.8 Å². The van der Waals surface area contributed by atoms with Crippen molar-refractivity contribution in [3.8, 4) is 0 Å². The van der Waals surface area contributed by atoms with Crippen LogP contribution in [0.4, 0.5) is 11.6 Å². The summed E-state index contributed by atoms with van der Waals surface area (Å²) < 4.78 is 63.5. The number of hydrogen-bond donors (Lipinski definition) is 3. The highest BCUT2D eigenvalue weighted by Gasteiger charge is 2.47. The van der Waals surface area contributed by atoms with Gasteiger partial charge in [0.2, 0.25) is 7.57 Å². The number of nitrogen functional groups attached to an aromatic ring is 2. The molecule has 3 aliphatic heterocycles. The maximum Gasteiger partial charge on any atom is 0.472 e. The van der Waals surface area contributed by atoms with Gasteiger partial charge in [-0.2, -0.15) is 0 Å². The van der Waals surface area contributed by atoms with Crippen LogP contribution in [0.25, 0.3) is 22.3 Å². The van der Waals surface area contributed by atoms with E-state index < -0.39 is 65.4 Å². The lowest BCUT2D eigenvalue weighted by atomic mass is 10.2. The van der Waals surface area contributed by atoms with Crippen molar-refractivity contribution in [1.82, 2.24) is 39.0 Å². The molecule has 3 aliphatic rings. The Morgan fingerprint density at radius 3 is 1.81 bits per heavy atom. The van der Waals surface area contributed by atoms with Crippen LogP contribution in [0.3, 0.4) is 0 Å². The molecule has 8 atom stereocenters. The first-order valence-electron chi connectivity index (χ1n) is 12.6. The average Bonchev–Trinajstić information content (AvgIpc) is 3.71. The summed E-state index contributed by atoms with van der Waals surface area (Å²) in [5, 5.41) is 0. The van der Waals surface area contributed by atoms with E-state index in [4.69, 9.17) is 46.6 Å². The van der Waals surface area contributed by atoms with E-state index in [1.165, 1.54) is 25.3 Å². The fourth-order valence-corrected chi connectivity index (χ4v) is 7.17. The molecule has 4 aromatic heterocycles. The predicted octanol–water partition coefficient (Wildman–Crippen LogP) is 0.600. The summed E-state index contributed by atoms with van der Waals surface area (Å²) in [7, 11) is -2.92. The molecule has 7 heterocycles. The van der Waals surface area contributed by atoms with E-state index in [9.17, 15) is 14.0 Å². The van der Waals surface area contributed by atoms with Gasteiger partial charge in [0.05, 0.1) is 32.0 Å². The zero-order valence-electron chi connectivity index (χ0n) is 21.5. The standard InChI is InChI=1S/C20H23BN10O9P2/c21-41(32)35-3-11-10(2-14(37-11)31-8-29-16-18(23)25-6-27-20(16)31)40-42(33,34)36-4-12-9(39-41)1-13(38-12)30-7-28-15-17(22)24-5-26-19(15)30/h5-14H,1-4H2,(H,33,34)(H2,22,24,26)(H2,23,25,27)/t9-,10-,11+,12+,13+,14+,41?/m0/s1. The zero-order chi connectivity index (χ0) is 29.2. The second-order valence-electron chi connectivity index (χ2n) is 9.78. The van der Waals surface area contributed by atoms with Crippen molar-refractivity contribution in [2.75, 3.05) is 24.7 Å². The normalized spacial score (nSPS) is 35.9. The van der Waals surface area contributed by atoms with Crippen molar-refractivity contribution in [1.29, 1.82) is 0 Å². The van der Waals surface area contributed by atoms with E-state index in [1.807, 2.05) is 0 Å². The number of ether oxygens (including phenoxy) is 2. The monoisotopic (exact) mass is 620 g/mol. The lowest BCUT2D eigenvalue weighted by Gasteiger charge is -2.28. The van der Waals surface area contributed by atoms with Crippen LogP contribution in [0.5, 0.6) is 0 Å². The minimum atomic E-state index is -4.67. The molecular formula is C20H23BN10O9P2. The number of rotatable bonds is 2. The van der Waals surface area contributed by atoms with E-state index >= 15 is 0 Å². The summed E-state index contributed by atoms with van der Waals surface area (Å²) in [5.74, 6) is 0.348. The minimum absolute atomic E-state index is 0.0519. The van der Waals surface area contributed by atoms with E-state index in [0.29, 0.717) is 22.3 Å². The second kappa shape index (κ2) is 10.3. The molecule has 7 rings (SSSR count). The lowest BCUT2D eigenvalue weighted by Crippen LogP contribution is -2.32. The molecule has 0 saturated carbocycles. The van der Waals surface area contributed by atoms with Crippen molar-refractivity contribution >= 4 is 56.8 Å². The highest BCUT2D eigenvalue weighted by molar-refractivity contribution is 7.79. The van der Waals surface area contributed by atoms with Gasteiger partial charge < -0.3 is 34.9 Å². The second-order valence-corrected chi connectivity index (χ2v) is 12.7. The molecule has 5 N–H and O–H groups in total. The molecular weight excluding hydrogens is 597 g/mol. The number of hydrogen-bond acceptors (Lipinski definition) is 16. The molecule has 0 spiro atoms. The molecule has 220 valence electrons. The Bertz CT molecular complexity index is 1630. The van der Waals surface area contributed by atoms with Gasteiger partial charge >= 0.3 is 7.82 Å². The lowest BCUT2D eigenvalue weighted by molar-refractivity contribution is -0.0602. The number of nitrogens with two attached hydrogens (primary N) is 2. The fraction of sp³-hybridized carbons (Fsp3) is 0.500. The van der Waals surface area contributed by atoms with Crippen LogP contribution in [0.15, 0.2) is 25.3 Å². The first kappa shape index (κ1) is 27.8. The average molecular weight is 620 g/mol. The van der Waals surface area contributed by atoms with Crippen LogP contribution in [0.1, 0.15) is 25.3 Å². The van der Waals surface area contributed by atoms with E-state index in [0.717, 1.165) is 0 Å². The molecule has 42 heavy (non-hydrogen) atoms. The SMILES string of the molecule is [B]P1(=O)OC[C@H]2O[C@@H](n3cnc4c(N)ncnc43)C[C@@H]2OP(=O)(O)OC[C@H]2O[C@@H](n3cnc4c(N)ncnc43)C[C@@H]2O1. The van der Waals surface area contributed by atoms with Crippen LogP contribution in [-0.4, -0.2) is 89.1 Å². The third-order valence-corrected chi connectivity index (χ3v) is 9.21. The van der Waals surface area contributed by atoms with Crippen LogP contribution in [0.2, 0.25) is 0 Å². The van der Waals surface area contributed by atoms with Crippen LogP contribution < -0.4 is 11.5 Å². The molecule has 3 fully saturated rings. The molecule has 0 bridgehead atoms.